The van der Waals surface area contributed by atoms with Crippen LogP contribution in [0.15, 0.2) is 24.3 Å². The molecule has 1 aromatic rings. The highest BCUT2D eigenvalue weighted by Gasteiger charge is 2.41. The highest BCUT2D eigenvalue weighted by molar-refractivity contribution is 5.78. The Morgan fingerprint density at radius 3 is 2.53 bits per heavy atom. The van der Waals surface area contributed by atoms with Crippen LogP contribution in [0.25, 0.3) is 0 Å². The fourth-order valence-corrected chi connectivity index (χ4v) is 3.80. The van der Waals surface area contributed by atoms with E-state index < -0.39 is 0 Å². The van der Waals surface area contributed by atoms with Gasteiger partial charge in [-0.05, 0) is 42.2 Å². The van der Waals surface area contributed by atoms with Crippen molar-refractivity contribution in [2.75, 3.05) is 13.1 Å². The molecule has 0 bridgehead atoms. The molecule has 1 aliphatic heterocycles. The van der Waals surface area contributed by atoms with Crippen molar-refractivity contribution in [3.63, 3.8) is 0 Å². The molecule has 102 valence electrons. The monoisotopic (exact) mass is 257 g/mol. The van der Waals surface area contributed by atoms with Crippen LogP contribution in [0.2, 0.25) is 0 Å². The van der Waals surface area contributed by atoms with Crippen LogP contribution in [-0.2, 0) is 16.6 Å². The van der Waals surface area contributed by atoms with Crippen LogP contribution in [0.4, 0.5) is 0 Å². The average molecular weight is 257 g/mol. The first-order valence-corrected chi connectivity index (χ1v) is 7.50. The van der Waals surface area contributed by atoms with Crippen molar-refractivity contribution >= 4 is 5.91 Å². The molecule has 0 radical (unpaired) electrons. The molecule has 2 aliphatic rings. The zero-order valence-corrected chi connectivity index (χ0v) is 12.0. The molecule has 1 aromatic carbocycles. The Labute approximate surface area is 115 Å². The Morgan fingerprint density at radius 1 is 1.16 bits per heavy atom. The molecule has 0 unspecified atom stereocenters. The first kappa shape index (κ1) is 12.7. The van der Waals surface area contributed by atoms with Crippen LogP contribution in [0, 0.1) is 5.92 Å². The minimum absolute atomic E-state index is 0.130. The molecule has 0 aromatic heterocycles. The van der Waals surface area contributed by atoms with E-state index >= 15 is 0 Å². The topological polar surface area (TPSA) is 20.3 Å². The Bertz CT molecular complexity index is 484. The Hall–Kier alpha value is -1.31. The van der Waals surface area contributed by atoms with Crippen LogP contribution >= 0.6 is 0 Å². The lowest BCUT2D eigenvalue weighted by molar-refractivity contribution is -0.136. The van der Waals surface area contributed by atoms with E-state index in [2.05, 4.69) is 29.2 Å². The molecule has 0 atom stereocenters. The van der Waals surface area contributed by atoms with E-state index in [0.717, 1.165) is 25.9 Å². The summed E-state index contributed by atoms with van der Waals surface area (Å²) in [6, 6.07) is 8.89. The third kappa shape index (κ3) is 2.07. The van der Waals surface area contributed by atoms with Gasteiger partial charge in [0.05, 0.1) is 0 Å². The first-order valence-electron chi connectivity index (χ1n) is 7.50. The van der Waals surface area contributed by atoms with Gasteiger partial charge < -0.3 is 4.90 Å². The predicted octanol–water partition coefficient (Wildman–Crippen LogP) is 3.15. The molecular formula is C17H23NO. The maximum Gasteiger partial charge on any atom is 0.225 e. The number of benzene rings is 1. The van der Waals surface area contributed by atoms with Crippen LogP contribution in [-0.4, -0.2) is 23.9 Å². The van der Waals surface area contributed by atoms with Crippen LogP contribution in [0.3, 0.4) is 0 Å². The van der Waals surface area contributed by atoms with Gasteiger partial charge in [0.25, 0.3) is 0 Å². The Kier molecular flexibility index (Phi) is 3.12. The molecule has 1 saturated heterocycles. The molecule has 1 heterocycles. The molecular weight excluding hydrogens is 234 g/mol. The molecule has 1 amide bonds. The number of carbonyl (C=O) groups excluding carboxylic acids is 1. The SMILES string of the molecule is CC(C)C(=O)N1CCC2(CCc3ccccc32)CC1. The second kappa shape index (κ2) is 4.66. The van der Waals surface area contributed by atoms with Crippen LogP contribution in [0.1, 0.15) is 44.2 Å². The molecule has 0 saturated carbocycles. The Morgan fingerprint density at radius 2 is 1.84 bits per heavy atom. The van der Waals surface area contributed by atoms with E-state index in [9.17, 15) is 4.79 Å². The van der Waals surface area contributed by atoms with Crippen molar-refractivity contribution in [2.24, 2.45) is 5.92 Å². The van der Waals surface area contributed by atoms with Crippen molar-refractivity contribution in [3.05, 3.63) is 35.4 Å². The lowest BCUT2D eigenvalue weighted by Crippen LogP contribution is -2.45. The number of aryl methyl sites for hydroxylation is 1. The van der Waals surface area contributed by atoms with Gasteiger partial charge >= 0.3 is 0 Å². The van der Waals surface area contributed by atoms with E-state index in [-0.39, 0.29) is 5.92 Å². The summed E-state index contributed by atoms with van der Waals surface area (Å²) < 4.78 is 0. The molecule has 19 heavy (non-hydrogen) atoms. The van der Waals surface area contributed by atoms with Crippen molar-refractivity contribution < 1.29 is 4.79 Å². The van der Waals surface area contributed by atoms with E-state index in [1.54, 1.807) is 5.56 Å². The van der Waals surface area contributed by atoms with Crippen molar-refractivity contribution in [3.8, 4) is 0 Å². The number of nitrogens with zero attached hydrogens (tertiary/aromatic N) is 1. The maximum absolute atomic E-state index is 12.1. The fourth-order valence-electron chi connectivity index (χ4n) is 3.80. The normalized spacial score (nSPS) is 20.9. The molecule has 0 N–H and O–H groups in total. The number of fused-ring (bicyclic) bond motifs is 2. The number of likely N-dealkylation sites (tertiary alicyclic amines) is 1. The highest BCUT2D eigenvalue weighted by atomic mass is 16.2. The van der Waals surface area contributed by atoms with Crippen LogP contribution in [0.5, 0.6) is 0 Å². The second-order valence-electron chi connectivity index (χ2n) is 6.42. The third-order valence-electron chi connectivity index (χ3n) is 4.99. The van der Waals surface area contributed by atoms with Crippen LogP contribution < -0.4 is 0 Å². The summed E-state index contributed by atoms with van der Waals surface area (Å²) in [7, 11) is 0. The van der Waals surface area contributed by atoms with Gasteiger partial charge in [-0.1, -0.05) is 38.1 Å². The zero-order valence-electron chi connectivity index (χ0n) is 12.0. The summed E-state index contributed by atoms with van der Waals surface area (Å²) in [5.74, 6) is 0.450. The van der Waals surface area contributed by atoms with Gasteiger partial charge in [-0.15, -0.1) is 0 Å². The van der Waals surface area contributed by atoms with Crippen molar-refractivity contribution in [2.45, 2.75) is 44.9 Å². The third-order valence-corrected chi connectivity index (χ3v) is 4.99. The number of piperidine rings is 1. The molecule has 1 fully saturated rings. The van der Waals surface area contributed by atoms with Crippen molar-refractivity contribution in [1.29, 1.82) is 0 Å². The van der Waals surface area contributed by atoms with Gasteiger partial charge in [0, 0.05) is 19.0 Å². The van der Waals surface area contributed by atoms with E-state index in [4.69, 9.17) is 0 Å². The lowest BCUT2D eigenvalue weighted by Gasteiger charge is -2.40. The van der Waals surface area contributed by atoms with Gasteiger partial charge in [0.15, 0.2) is 0 Å². The molecule has 1 spiro atoms. The van der Waals surface area contributed by atoms with E-state index in [0.29, 0.717) is 11.3 Å². The smallest absolute Gasteiger partial charge is 0.225 e. The zero-order chi connectivity index (χ0) is 13.5. The molecule has 2 heteroatoms. The summed E-state index contributed by atoms with van der Waals surface area (Å²) in [5, 5.41) is 0. The molecule has 2 nitrogen and oxygen atoms in total. The number of carbonyl (C=O) groups is 1. The van der Waals surface area contributed by atoms with E-state index in [1.807, 2.05) is 13.8 Å². The largest absolute Gasteiger partial charge is 0.342 e. The van der Waals surface area contributed by atoms with Gasteiger partial charge in [-0.25, -0.2) is 0 Å². The summed E-state index contributed by atoms with van der Waals surface area (Å²) in [4.78, 5) is 14.1. The number of amides is 1. The number of rotatable bonds is 1. The number of hydrogen-bond donors (Lipinski definition) is 0. The van der Waals surface area contributed by atoms with Gasteiger partial charge in [-0.2, -0.15) is 0 Å². The predicted molar refractivity (Wildman–Crippen MR) is 77.1 cm³/mol. The quantitative estimate of drug-likeness (QED) is 0.757. The average Bonchev–Trinajstić information content (AvgIpc) is 2.78. The van der Waals surface area contributed by atoms with E-state index in [1.165, 1.54) is 18.4 Å². The first-order chi connectivity index (χ1) is 9.12. The van der Waals surface area contributed by atoms with Gasteiger partial charge in [0.2, 0.25) is 5.91 Å². The minimum atomic E-state index is 0.130. The van der Waals surface area contributed by atoms with Gasteiger partial charge in [0.1, 0.15) is 0 Å². The summed E-state index contributed by atoms with van der Waals surface area (Å²) in [6.45, 7) is 5.87. The summed E-state index contributed by atoms with van der Waals surface area (Å²) in [5.41, 5.74) is 3.46. The summed E-state index contributed by atoms with van der Waals surface area (Å²) in [6.07, 6.45) is 4.77. The minimum Gasteiger partial charge on any atom is -0.342 e. The fraction of sp³-hybridized carbons (Fsp3) is 0.588. The summed E-state index contributed by atoms with van der Waals surface area (Å²) >= 11 is 0. The lowest BCUT2D eigenvalue weighted by atomic mass is 9.74. The second-order valence-corrected chi connectivity index (χ2v) is 6.42. The number of hydrogen-bond acceptors (Lipinski definition) is 1. The van der Waals surface area contributed by atoms with Gasteiger partial charge in [-0.3, -0.25) is 4.79 Å². The van der Waals surface area contributed by atoms with Crippen molar-refractivity contribution in [1.82, 2.24) is 4.90 Å². The highest BCUT2D eigenvalue weighted by Crippen LogP contribution is 2.46. The molecule has 3 rings (SSSR count). The standard InChI is InChI=1S/C17H23NO/c1-13(2)16(19)18-11-9-17(10-12-18)8-7-14-5-3-4-6-15(14)17/h3-6,13H,7-12H2,1-2H3. The Balaban J connectivity index is 1.76. The molecule has 1 aliphatic carbocycles. The maximum atomic E-state index is 12.1.